The van der Waals surface area contributed by atoms with Crippen molar-refractivity contribution in [3.8, 4) is 0 Å². The van der Waals surface area contributed by atoms with Crippen molar-refractivity contribution in [3.63, 3.8) is 0 Å². The Hall–Kier alpha value is -2.87. The third-order valence-corrected chi connectivity index (χ3v) is 4.72. The number of para-hydroxylation sites is 1. The minimum Gasteiger partial charge on any atom is -0.325 e. The van der Waals surface area contributed by atoms with Crippen LogP contribution in [0.5, 0.6) is 0 Å². The Kier molecular flexibility index (Phi) is 6.22. The zero-order chi connectivity index (χ0) is 21.0. The minimum atomic E-state index is -4.56. The molecule has 0 aromatic heterocycles. The topological polar surface area (TPSA) is 61.4 Å². The lowest BCUT2D eigenvalue weighted by atomic mass is 10.1. The zero-order valence-corrected chi connectivity index (χ0v) is 16.0. The molecule has 2 aromatic rings. The van der Waals surface area contributed by atoms with E-state index in [1.54, 1.807) is 7.05 Å². The number of nitrogens with one attached hydrogen (secondary N) is 2. The predicted octanol–water partition coefficient (Wildman–Crippen LogP) is 3.70. The van der Waals surface area contributed by atoms with Gasteiger partial charge >= 0.3 is 6.18 Å². The molecule has 154 valence electrons. The Bertz CT molecular complexity index is 912. The van der Waals surface area contributed by atoms with Crippen LogP contribution < -0.4 is 10.6 Å². The molecule has 0 heterocycles. The van der Waals surface area contributed by atoms with Crippen molar-refractivity contribution in [1.29, 1.82) is 0 Å². The number of nitrogens with zero attached hydrogens (tertiary/aromatic N) is 1. The van der Waals surface area contributed by atoms with Gasteiger partial charge in [-0.3, -0.25) is 14.5 Å². The molecule has 3 rings (SSSR count). The molecule has 0 atom stereocenters. The molecule has 0 saturated carbocycles. The molecule has 1 aliphatic carbocycles. The summed E-state index contributed by atoms with van der Waals surface area (Å²) < 4.78 is 39.0. The second-order valence-corrected chi connectivity index (χ2v) is 7.15. The number of likely N-dealkylation sites (N-methyl/N-ethyl adjacent to an activating group) is 1. The van der Waals surface area contributed by atoms with Crippen molar-refractivity contribution in [3.05, 3.63) is 59.2 Å². The number of amides is 2. The van der Waals surface area contributed by atoms with Crippen LogP contribution >= 0.6 is 0 Å². The number of halogens is 3. The van der Waals surface area contributed by atoms with Crippen LogP contribution in [-0.2, 0) is 28.6 Å². The molecule has 0 aliphatic heterocycles. The zero-order valence-electron chi connectivity index (χ0n) is 16.0. The SMILES string of the molecule is CN(CC(=O)Nc1ccc2c(c1)CCC2)CC(=O)Nc1ccccc1C(F)(F)F. The molecular formula is C21H22F3N3O2. The summed E-state index contributed by atoms with van der Waals surface area (Å²) in [4.78, 5) is 25.8. The summed E-state index contributed by atoms with van der Waals surface area (Å²) in [5, 5.41) is 5.06. The van der Waals surface area contributed by atoms with Gasteiger partial charge in [0.25, 0.3) is 0 Å². The summed E-state index contributed by atoms with van der Waals surface area (Å²) in [6.45, 7) is -0.283. The minimum absolute atomic E-state index is 0.0641. The highest BCUT2D eigenvalue weighted by Gasteiger charge is 2.33. The average Bonchev–Trinajstić information content (AvgIpc) is 3.08. The first-order valence-electron chi connectivity index (χ1n) is 9.28. The molecule has 0 unspecified atom stereocenters. The fourth-order valence-electron chi connectivity index (χ4n) is 3.43. The van der Waals surface area contributed by atoms with Crippen molar-refractivity contribution < 1.29 is 22.8 Å². The Labute approximate surface area is 166 Å². The van der Waals surface area contributed by atoms with Gasteiger partial charge in [-0.1, -0.05) is 18.2 Å². The first kappa shape index (κ1) is 20.9. The molecule has 0 saturated heterocycles. The van der Waals surface area contributed by atoms with Crippen LogP contribution in [0.4, 0.5) is 24.5 Å². The molecule has 8 heteroatoms. The van der Waals surface area contributed by atoms with E-state index in [2.05, 4.69) is 10.6 Å². The largest absolute Gasteiger partial charge is 0.418 e. The normalized spacial score (nSPS) is 13.3. The van der Waals surface area contributed by atoms with Gasteiger partial charge < -0.3 is 10.6 Å². The van der Waals surface area contributed by atoms with Crippen molar-refractivity contribution in [2.24, 2.45) is 0 Å². The second kappa shape index (κ2) is 8.65. The first-order chi connectivity index (χ1) is 13.7. The monoisotopic (exact) mass is 405 g/mol. The number of fused-ring (bicyclic) bond motifs is 1. The number of aryl methyl sites for hydroxylation is 2. The number of rotatable bonds is 6. The Morgan fingerprint density at radius 1 is 0.966 bits per heavy atom. The molecule has 2 amide bonds. The van der Waals surface area contributed by atoms with E-state index in [1.165, 1.54) is 34.2 Å². The van der Waals surface area contributed by atoms with Crippen molar-refractivity contribution in [1.82, 2.24) is 4.90 Å². The van der Waals surface area contributed by atoms with E-state index in [4.69, 9.17) is 0 Å². The summed E-state index contributed by atoms with van der Waals surface area (Å²) in [5.41, 5.74) is 2.02. The van der Waals surface area contributed by atoms with Gasteiger partial charge in [-0.05, 0) is 61.7 Å². The van der Waals surface area contributed by atoms with Crippen LogP contribution in [0.25, 0.3) is 0 Å². The molecule has 29 heavy (non-hydrogen) atoms. The van der Waals surface area contributed by atoms with Crippen LogP contribution in [0.3, 0.4) is 0 Å². The predicted molar refractivity (Wildman–Crippen MR) is 105 cm³/mol. The van der Waals surface area contributed by atoms with Crippen molar-refractivity contribution >= 4 is 23.2 Å². The maximum absolute atomic E-state index is 13.0. The van der Waals surface area contributed by atoms with E-state index >= 15 is 0 Å². The van der Waals surface area contributed by atoms with Gasteiger partial charge in [-0.15, -0.1) is 0 Å². The van der Waals surface area contributed by atoms with Gasteiger partial charge in [-0.25, -0.2) is 0 Å². The third-order valence-electron chi connectivity index (χ3n) is 4.72. The van der Waals surface area contributed by atoms with Gasteiger partial charge in [0.05, 0.1) is 24.3 Å². The number of carbonyl (C=O) groups excluding carboxylic acids is 2. The fraction of sp³-hybridized carbons (Fsp3) is 0.333. The number of alkyl halides is 3. The molecule has 5 nitrogen and oxygen atoms in total. The molecule has 0 spiro atoms. The van der Waals surface area contributed by atoms with E-state index in [0.29, 0.717) is 5.69 Å². The highest BCUT2D eigenvalue weighted by atomic mass is 19.4. The number of hydrogen-bond acceptors (Lipinski definition) is 3. The maximum Gasteiger partial charge on any atom is 0.418 e. The van der Waals surface area contributed by atoms with E-state index in [9.17, 15) is 22.8 Å². The van der Waals surface area contributed by atoms with Crippen LogP contribution in [0.2, 0.25) is 0 Å². The van der Waals surface area contributed by atoms with Crippen molar-refractivity contribution in [2.75, 3.05) is 30.8 Å². The lowest BCUT2D eigenvalue weighted by molar-refractivity contribution is -0.137. The smallest absolute Gasteiger partial charge is 0.325 e. The lowest BCUT2D eigenvalue weighted by Crippen LogP contribution is -2.36. The standard InChI is InChI=1S/C21H22F3N3O2/c1-27(12-19(28)25-16-10-9-14-5-4-6-15(14)11-16)13-20(29)26-18-8-3-2-7-17(18)21(22,23)24/h2-3,7-11H,4-6,12-13H2,1H3,(H,25,28)(H,26,29). The Morgan fingerprint density at radius 2 is 1.62 bits per heavy atom. The summed E-state index contributed by atoms with van der Waals surface area (Å²) >= 11 is 0. The van der Waals surface area contributed by atoms with Gasteiger partial charge in [-0.2, -0.15) is 13.2 Å². The summed E-state index contributed by atoms with van der Waals surface area (Å²) in [6.07, 6.45) is -1.40. The molecule has 1 aliphatic rings. The quantitative estimate of drug-likeness (QED) is 0.770. The van der Waals surface area contributed by atoms with Crippen LogP contribution in [0.15, 0.2) is 42.5 Å². The summed E-state index contributed by atoms with van der Waals surface area (Å²) in [5.74, 6) is -0.927. The number of benzene rings is 2. The van der Waals surface area contributed by atoms with Crippen LogP contribution in [0, 0.1) is 0 Å². The second-order valence-electron chi connectivity index (χ2n) is 7.15. The van der Waals surface area contributed by atoms with Gasteiger partial charge in [0.2, 0.25) is 11.8 Å². The molecule has 0 fully saturated rings. The van der Waals surface area contributed by atoms with Gasteiger partial charge in [0.15, 0.2) is 0 Å². The summed E-state index contributed by atoms with van der Waals surface area (Å²) in [7, 11) is 1.55. The van der Waals surface area contributed by atoms with Crippen molar-refractivity contribution in [2.45, 2.75) is 25.4 Å². The Balaban J connectivity index is 1.52. The molecular weight excluding hydrogens is 383 g/mol. The third kappa shape index (κ3) is 5.57. The highest BCUT2D eigenvalue weighted by Crippen LogP contribution is 2.34. The van der Waals surface area contributed by atoms with E-state index in [1.807, 2.05) is 18.2 Å². The molecule has 2 N–H and O–H groups in total. The Morgan fingerprint density at radius 3 is 2.34 bits per heavy atom. The maximum atomic E-state index is 13.0. The molecule has 2 aromatic carbocycles. The number of carbonyl (C=O) groups is 2. The van der Waals surface area contributed by atoms with Gasteiger partial charge in [0.1, 0.15) is 0 Å². The van der Waals surface area contributed by atoms with E-state index in [0.717, 1.165) is 25.3 Å². The number of anilines is 2. The van der Waals surface area contributed by atoms with Crippen LogP contribution in [-0.4, -0.2) is 36.9 Å². The first-order valence-corrected chi connectivity index (χ1v) is 9.28. The van der Waals surface area contributed by atoms with E-state index < -0.39 is 17.6 Å². The fourth-order valence-corrected chi connectivity index (χ4v) is 3.43. The molecule has 0 radical (unpaired) electrons. The molecule has 0 bridgehead atoms. The average molecular weight is 405 g/mol. The highest BCUT2D eigenvalue weighted by molar-refractivity contribution is 5.95. The van der Waals surface area contributed by atoms with Gasteiger partial charge in [0, 0.05) is 5.69 Å². The van der Waals surface area contributed by atoms with E-state index in [-0.39, 0.29) is 24.7 Å². The summed E-state index contributed by atoms with van der Waals surface area (Å²) in [6, 6.07) is 10.6. The lowest BCUT2D eigenvalue weighted by Gasteiger charge is -2.18. The van der Waals surface area contributed by atoms with Crippen LogP contribution in [0.1, 0.15) is 23.1 Å². The number of hydrogen-bond donors (Lipinski definition) is 2.